The first-order valence-electron chi connectivity index (χ1n) is 10.5. The minimum absolute atomic E-state index is 0.301. The Labute approximate surface area is 181 Å². The predicted octanol–water partition coefficient (Wildman–Crippen LogP) is 6.42. The lowest BCUT2D eigenvalue weighted by molar-refractivity contribution is 0.205. The monoisotopic (exact) mass is 431 g/mol. The summed E-state index contributed by atoms with van der Waals surface area (Å²) in [5, 5.41) is 3.40. The Bertz CT molecular complexity index is 825. The van der Waals surface area contributed by atoms with Crippen molar-refractivity contribution < 1.29 is 18.3 Å². The zero-order chi connectivity index (χ0) is 22.0. The van der Waals surface area contributed by atoms with Crippen molar-refractivity contribution >= 4 is 13.7 Å². The topological polar surface area (TPSA) is 56.8 Å². The van der Waals surface area contributed by atoms with Crippen LogP contribution >= 0.6 is 7.60 Å². The highest BCUT2D eigenvalue weighted by atomic mass is 31.2. The van der Waals surface area contributed by atoms with E-state index in [-0.39, 0.29) is 0 Å². The van der Waals surface area contributed by atoms with Crippen molar-refractivity contribution in [2.24, 2.45) is 5.92 Å². The molecule has 0 radical (unpaired) electrons. The van der Waals surface area contributed by atoms with E-state index in [2.05, 4.69) is 25.7 Å². The van der Waals surface area contributed by atoms with E-state index in [1.807, 2.05) is 68.5 Å². The van der Waals surface area contributed by atoms with Crippen molar-refractivity contribution in [1.82, 2.24) is 5.32 Å². The number of hydrogen-bond donors (Lipinski definition) is 1. The van der Waals surface area contributed by atoms with Gasteiger partial charge in [-0.2, -0.15) is 0 Å². The lowest BCUT2D eigenvalue weighted by Gasteiger charge is -2.29. The molecule has 2 aromatic rings. The third kappa shape index (κ3) is 6.82. The van der Waals surface area contributed by atoms with E-state index >= 15 is 0 Å². The molecule has 5 nitrogen and oxygen atoms in total. The number of ether oxygens (including phenoxy) is 1. The van der Waals surface area contributed by atoms with Gasteiger partial charge in [-0.1, -0.05) is 69.0 Å². The first-order valence-corrected chi connectivity index (χ1v) is 12.1. The second-order valence-corrected chi connectivity index (χ2v) is 9.46. The van der Waals surface area contributed by atoms with E-state index in [1.165, 1.54) is 0 Å². The minimum Gasteiger partial charge on any atom is -0.489 e. The highest BCUT2D eigenvalue weighted by molar-refractivity contribution is 7.54. The van der Waals surface area contributed by atoms with Gasteiger partial charge in [0.2, 0.25) is 0 Å². The summed E-state index contributed by atoms with van der Waals surface area (Å²) >= 11 is 0. The van der Waals surface area contributed by atoms with Gasteiger partial charge < -0.3 is 13.8 Å². The molecule has 0 saturated heterocycles. The second-order valence-electron chi connectivity index (χ2n) is 7.35. The molecular weight excluding hydrogens is 397 g/mol. The van der Waals surface area contributed by atoms with E-state index in [9.17, 15) is 4.57 Å². The van der Waals surface area contributed by atoms with Crippen molar-refractivity contribution in [3.8, 4) is 5.75 Å². The van der Waals surface area contributed by atoms with Crippen LogP contribution in [0.1, 0.15) is 50.2 Å². The molecule has 0 spiro atoms. The Hall–Kier alpha value is -1.91. The van der Waals surface area contributed by atoms with Gasteiger partial charge >= 0.3 is 7.60 Å². The summed E-state index contributed by atoms with van der Waals surface area (Å²) in [6.45, 7) is 13.3. The average molecular weight is 432 g/mol. The number of hydrogen-bond acceptors (Lipinski definition) is 5. The normalized spacial score (nSPS) is 12.7. The van der Waals surface area contributed by atoms with Crippen LogP contribution in [0.4, 0.5) is 0 Å². The fourth-order valence-electron chi connectivity index (χ4n) is 3.03. The molecule has 0 fully saturated rings. The van der Waals surface area contributed by atoms with Gasteiger partial charge in [-0.05, 0) is 43.5 Å². The average Bonchev–Trinajstić information content (AvgIpc) is 2.73. The van der Waals surface area contributed by atoms with E-state index in [1.54, 1.807) is 0 Å². The minimum atomic E-state index is -3.44. The molecule has 1 N–H and O–H groups in total. The molecule has 0 bridgehead atoms. The van der Waals surface area contributed by atoms with Gasteiger partial charge in [-0.25, -0.2) is 0 Å². The number of benzene rings is 2. The van der Waals surface area contributed by atoms with Crippen LogP contribution in [0, 0.1) is 5.92 Å². The zero-order valence-corrected chi connectivity index (χ0v) is 19.4. The molecule has 0 aromatic heterocycles. The fourth-order valence-corrected chi connectivity index (χ4v) is 5.01. The van der Waals surface area contributed by atoms with Crippen molar-refractivity contribution in [1.29, 1.82) is 0 Å². The van der Waals surface area contributed by atoms with E-state index in [4.69, 9.17) is 13.8 Å². The molecule has 2 aromatic carbocycles. The molecule has 164 valence electrons. The second kappa shape index (κ2) is 12.1. The third-order valence-corrected chi connectivity index (χ3v) is 6.81. The standard InChI is InChI=1S/C24H34NO4P/c1-6-20-13-15-21(16-14-20)18-27-23-12-10-9-11-22(23)24(25-17-19(4)5)30(26,28-7-2)29-8-3/h6,9-16,19,24-25H,1,7-8,17-18H2,2-5H3. The Morgan fingerprint density at radius 2 is 1.67 bits per heavy atom. The van der Waals surface area contributed by atoms with E-state index < -0.39 is 13.4 Å². The molecular formula is C24H34NO4P. The maximum atomic E-state index is 13.7. The first kappa shape index (κ1) is 24.4. The van der Waals surface area contributed by atoms with Gasteiger partial charge in [0.1, 0.15) is 18.1 Å². The third-order valence-electron chi connectivity index (χ3n) is 4.48. The van der Waals surface area contributed by atoms with Gasteiger partial charge in [0, 0.05) is 5.56 Å². The highest BCUT2D eigenvalue weighted by Gasteiger charge is 2.38. The van der Waals surface area contributed by atoms with Crippen molar-refractivity contribution in [2.45, 2.75) is 40.1 Å². The van der Waals surface area contributed by atoms with Crippen LogP contribution < -0.4 is 10.1 Å². The molecule has 30 heavy (non-hydrogen) atoms. The summed E-state index contributed by atoms with van der Waals surface area (Å²) in [5.41, 5.74) is 2.87. The van der Waals surface area contributed by atoms with Crippen LogP contribution in [0.3, 0.4) is 0 Å². The Morgan fingerprint density at radius 3 is 2.23 bits per heavy atom. The Balaban J connectivity index is 2.33. The van der Waals surface area contributed by atoms with E-state index in [0.29, 0.717) is 38.0 Å². The Morgan fingerprint density at radius 1 is 1.03 bits per heavy atom. The van der Waals surface area contributed by atoms with Gasteiger partial charge in [0.25, 0.3) is 0 Å². The van der Waals surface area contributed by atoms with Crippen LogP contribution in [-0.4, -0.2) is 19.8 Å². The lowest BCUT2D eigenvalue weighted by atomic mass is 10.1. The van der Waals surface area contributed by atoms with Crippen LogP contribution in [0.15, 0.2) is 55.1 Å². The molecule has 1 unspecified atom stereocenters. The van der Waals surface area contributed by atoms with Gasteiger partial charge in [0.15, 0.2) is 0 Å². The van der Waals surface area contributed by atoms with Crippen LogP contribution in [0.25, 0.3) is 6.08 Å². The summed E-state index contributed by atoms with van der Waals surface area (Å²) in [4.78, 5) is 0. The maximum Gasteiger partial charge on any atom is 0.352 e. The molecule has 0 aliphatic rings. The Kier molecular flexibility index (Phi) is 9.80. The fraction of sp³-hybridized carbons (Fsp3) is 0.417. The summed E-state index contributed by atoms with van der Waals surface area (Å²) in [6, 6.07) is 15.7. The van der Waals surface area contributed by atoms with Crippen LogP contribution in [0.5, 0.6) is 5.75 Å². The van der Waals surface area contributed by atoms with Crippen LogP contribution in [0.2, 0.25) is 0 Å². The van der Waals surface area contributed by atoms with Crippen molar-refractivity contribution in [3.05, 3.63) is 71.8 Å². The number of rotatable bonds is 13. The van der Waals surface area contributed by atoms with Crippen molar-refractivity contribution in [3.63, 3.8) is 0 Å². The van der Waals surface area contributed by atoms with Crippen molar-refractivity contribution in [2.75, 3.05) is 19.8 Å². The van der Waals surface area contributed by atoms with Gasteiger partial charge in [-0.3, -0.25) is 9.88 Å². The molecule has 0 saturated carbocycles. The molecule has 1 atom stereocenters. The maximum absolute atomic E-state index is 13.7. The van der Waals surface area contributed by atoms with E-state index in [0.717, 1.165) is 16.7 Å². The number of para-hydroxylation sites is 1. The molecule has 0 aliphatic heterocycles. The van der Waals surface area contributed by atoms with Gasteiger partial charge in [0.05, 0.1) is 13.2 Å². The zero-order valence-electron chi connectivity index (χ0n) is 18.5. The summed E-state index contributed by atoms with van der Waals surface area (Å²) in [5.74, 6) is 0.422. The molecule has 2 rings (SSSR count). The molecule has 0 amide bonds. The molecule has 0 aliphatic carbocycles. The summed E-state index contributed by atoms with van der Waals surface area (Å²) in [7, 11) is -3.44. The predicted molar refractivity (Wildman–Crippen MR) is 124 cm³/mol. The largest absolute Gasteiger partial charge is 0.489 e. The molecule has 0 heterocycles. The number of nitrogens with one attached hydrogen (secondary N) is 1. The lowest BCUT2D eigenvalue weighted by Crippen LogP contribution is -2.27. The quantitative estimate of drug-likeness (QED) is 0.371. The SMILES string of the molecule is C=Cc1ccc(COc2ccccc2C(NCC(C)C)P(=O)(OCC)OCC)cc1. The molecule has 6 heteroatoms. The summed E-state index contributed by atoms with van der Waals surface area (Å²) in [6.07, 6.45) is 1.81. The first-order chi connectivity index (χ1) is 14.4. The highest BCUT2D eigenvalue weighted by Crippen LogP contribution is 2.60. The van der Waals surface area contributed by atoms with Crippen LogP contribution in [-0.2, 0) is 20.2 Å². The summed E-state index contributed by atoms with van der Waals surface area (Å²) < 4.78 is 31.1. The van der Waals surface area contributed by atoms with Gasteiger partial charge in [-0.15, -0.1) is 0 Å². The smallest absolute Gasteiger partial charge is 0.352 e.